The van der Waals surface area contributed by atoms with Crippen molar-refractivity contribution in [2.24, 2.45) is 0 Å². The molecule has 1 unspecified atom stereocenters. The SMILES string of the molecule is N=Cc1cc(-c2ccc(O)c(N3CC(=O)NS3=O)c2F)ccc1N. The van der Waals surface area contributed by atoms with E-state index in [2.05, 4.69) is 4.72 Å². The van der Waals surface area contributed by atoms with Crippen molar-refractivity contribution in [3.8, 4) is 16.9 Å². The molecule has 1 amide bonds. The van der Waals surface area contributed by atoms with E-state index in [4.69, 9.17) is 11.1 Å². The Morgan fingerprint density at radius 1 is 1.38 bits per heavy atom. The van der Waals surface area contributed by atoms with Gasteiger partial charge in [-0.15, -0.1) is 0 Å². The third kappa shape index (κ3) is 2.58. The molecule has 24 heavy (non-hydrogen) atoms. The summed E-state index contributed by atoms with van der Waals surface area (Å²) in [7, 11) is 0. The van der Waals surface area contributed by atoms with Gasteiger partial charge in [-0.25, -0.2) is 8.60 Å². The molecule has 3 rings (SSSR count). The van der Waals surface area contributed by atoms with Crippen molar-refractivity contribution in [2.75, 3.05) is 16.6 Å². The first-order valence-corrected chi connectivity index (χ1v) is 7.93. The number of phenolic OH excluding ortho intramolecular Hbond substituents is 1. The Labute approximate surface area is 139 Å². The van der Waals surface area contributed by atoms with Crippen LogP contribution in [0.15, 0.2) is 30.3 Å². The highest BCUT2D eigenvalue weighted by molar-refractivity contribution is 7.85. The summed E-state index contributed by atoms with van der Waals surface area (Å²) < 4.78 is 29.9. The van der Waals surface area contributed by atoms with Crippen LogP contribution in [0.3, 0.4) is 0 Å². The molecule has 0 saturated carbocycles. The smallest absolute Gasteiger partial charge is 0.253 e. The number of carbonyl (C=O) groups excluding carboxylic acids is 1. The van der Waals surface area contributed by atoms with Crippen LogP contribution in [0.25, 0.3) is 11.1 Å². The lowest BCUT2D eigenvalue weighted by molar-refractivity contribution is -0.117. The highest BCUT2D eigenvalue weighted by atomic mass is 32.2. The number of nitrogens with zero attached hydrogens (tertiary/aromatic N) is 1. The van der Waals surface area contributed by atoms with Gasteiger partial charge in [-0.3, -0.25) is 13.8 Å². The van der Waals surface area contributed by atoms with Gasteiger partial charge in [0.1, 0.15) is 18.0 Å². The van der Waals surface area contributed by atoms with Gasteiger partial charge in [-0.1, -0.05) is 6.07 Å². The van der Waals surface area contributed by atoms with Crippen molar-refractivity contribution in [3.05, 3.63) is 41.7 Å². The van der Waals surface area contributed by atoms with Gasteiger partial charge in [0.25, 0.3) is 5.91 Å². The Bertz CT molecular complexity index is 887. The number of aromatic hydroxyl groups is 1. The van der Waals surface area contributed by atoms with Gasteiger partial charge >= 0.3 is 0 Å². The fourth-order valence-corrected chi connectivity index (χ4v) is 3.36. The molecule has 1 fully saturated rings. The average Bonchev–Trinajstić information content (AvgIpc) is 2.87. The molecular formula is C15H13FN4O3S. The maximum Gasteiger partial charge on any atom is 0.253 e. The highest BCUT2D eigenvalue weighted by Crippen LogP contribution is 2.38. The van der Waals surface area contributed by atoms with Gasteiger partial charge in [0.2, 0.25) is 11.2 Å². The number of phenols is 1. The number of carbonyl (C=O) groups is 1. The number of nitrogens with one attached hydrogen (secondary N) is 2. The lowest BCUT2D eigenvalue weighted by Crippen LogP contribution is -2.23. The molecule has 124 valence electrons. The van der Waals surface area contributed by atoms with E-state index in [1.165, 1.54) is 18.2 Å². The van der Waals surface area contributed by atoms with E-state index < -0.39 is 28.6 Å². The van der Waals surface area contributed by atoms with E-state index in [1.807, 2.05) is 0 Å². The molecule has 5 N–H and O–H groups in total. The van der Waals surface area contributed by atoms with Crippen molar-refractivity contribution in [3.63, 3.8) is 0 Å². The molecule has 0 aromatic heterocycles. The molecule has 0 bridgehead atoms. The molecule has 1 atom stereocenters. The summed E-state index contributed by atoms with van der Waals surface area (Å²) in [6.07, 6.45) is 1.05. The largest absolute Gasteiger partial charge is 0.506 e. The normalized spacial score (nSPS) is 17.0. The molecule has 1 aliphatic rings. The number of hydrogen-bond donors (Lipinski definition) is 4. The van der Waals surface area contributed by atoms with E-state index in [0.29, 0.717) is 16.8 Å². The second-order valence-electron chi connectivity index (χ2n) is 5.09. The number of nitrogens with two attached hydrogens (primary N) is 1. The molecule has 9 heteroatoms. The number of rotatable bonds is 3. The number of anilines is 2. The van der Waals surface area contributed by atoms with E-state index in [-0.39, 0.29) is 17.8 Å². The predicted molar refractivity (Wildman–Crippen MR) is 89.4 cm³/mol. The zero-order valence-corrected chi connectivity index (χ0v) is 13.1. The lowest BCUT2D eigenvalue weighted by atomic mass is 10.0. The van der Waals surface area contributed by atoms with Crippen LogP contribution in [-0.2, 0) is 16.0 Å². The van der Waals surface area contributed by atoms with Crippen LogP contribution in [0.1, 0.15) is 5.56 Å². The summed E-state index contributed by atoms with van der Waals surface area (Å²) in [6.45, 7) is -0.325. The summed E-state index contributed by atoms with van der Waals surface area (Å²) in [5.41, 5.74) is 6.76. The van der Waals surface area contributed by atoms with Crippen LogP contribution < -0.4 is 14.8 Å². The molecule has 1 heterocycles. The maximum atomic E-state index is 14.9. The molecule has 0 aliphatic carbocycles. The highest BCUT2D eigenvalue weighted by Gasteiger charge is 2.32. The van der Waals surface area contributed by atoms with Gasteiger partial charge < -0.3 is 16.2 Å². The quantitative estimate of drug-likeness (QED) is 0.493. The summed E-state index contributed by atoms with van der Waals surface area (Å²) >= 11 is -1.96. The maximum absolute atomic E-state index is 14.9. The minimum atomic E-state index is -1.96. The lowest BCUT2D eigenvalue weighted by Gasteiger charge is -2.18. The monoisotopic (exact) mass is 348 g/mol. The molecule has 1 saturated heterocycles. The third-order valence-electron chi connectivity index (χ3n) is 3.59. The van der Waals surface area contributed by atoms with Crippen molar-refractivity contribution in [1.82, 2.24) is 4.72 Å². The first-order chi connectivity index (χ1) is 11.4. The average molecular weight is 348 g/mol. The van der Waals surface area contributed by atoms with Crippen molar-refractivity contribution in [2.45, 2.75) is 0 Å². The Morgan fingerprint density at radius 3 is 2.75 bits per heavy atom. The van der Waals surface area contributed by atoms with Crippen molar-refractivity contribution in [1.29, 1.82) is 5.41 Å². The number of amides is 1. The van der Waals surface area contributed by atoms with Crippen LogP contribution in [0, 0.1) is 11.2 Å². The fraction of sp³-hybridized carbons (Fsp3) is 0.0667. The first kappa shape index (κ1) is 15.9. The minimum absolute atomic E-state index is 0.127. The second kappa shape index (κ2) is 5.93. The Kier molecular flexibility index (Phi) is 3.94. The van der Waals surface area contributed by atoms with Crippen LogP contribution in [0.4, 0.5) is 15.8 Å². The number of halogens is 1. The van der Waals surface area contributed by atoms with Crippen molar-refractivity contribution < 1.29 is 18.5 Å². The fourth-order valence-electron chi connectivity index (χ4n) is 2.42. The molecule has 2 aromatic carbocycles. The van der Waals surface area contributed by atoms with Crippen LogP contribution in [0.5, 0.6) is 5.75 Å². The number of benzene rings is 2. The number of hydrogen-bond acceptors (Lipinski definition) is 5. The summed E-state index contributed by atoms with van der Waals surface area (Å²) in [6, 6.07) is 7.27. The van der Waals surface area contributed by atoms with E-state index >= 15 is 0 Å². The van der Waals surface area contributed by atoms with Gasteiger partial charge in [-0.2, -0.15) is 0 Å². The predicted octanol–water partition coefficient (Wildman–Crippen LogP) is 1.29. The van der Waals surface area contributed by atoms with Gasteiger partial charge in [0.15, 0.2) is 5.82 Å². The van der Waals surface area contributed by atoms with E-state index in [1.54, 1.807) is 12.1 Å². The molecular weight excluding hydrogens is 335 g/mol. The van der Waals surface area contributed by atoms with E-state index in [0.717, 1.165) is 10.5 Å². The molecule has 1 aliphatic heterocycles. The van der Waals surface area contributed by atoms with Crippen LogP contribution in [-0.4, -0.2) is 28.0 Å². The topological polar surface area (TPSA) is 120 Å². The minimum Gasteiger partial charge on any atom is -0.506 e. The van der Waals surface area contributed by atoms with E-state index in [9.17, 15) is 18.5 Å². The van der Waals surface area contributed by atoms with Crippen LogP contribution >= 0.6 is 0 Å². The zero-order valence-electron chi connectivity index (χ0n) is 12.2. The summed E-state index contributed by atoms with van der Waals surface area (Å²) in [4.78, 5) is 11.3. The first-order valence-electron chi connectivity index (χ1n) is 6.83. The standard InChI is InChI=1S/C15H13FN4O3S/c16-14-10(8-1-3-11(18)9(5-8)6-17)2-4-12(21)15(14)20-7-13(22)19-24(20)23/h1-6,17,21H,7,18H2,(H,19,22). The Hall–Kier alpha value is -2.94. The summed E-state index contributed by atoms with van der Waals surface area (Å²) in [5.74, 6) is -1.78. The zero-order chi connectivity index (χ0) is 17.4. The summed E-state index contributed by atoms with van der Waals surface area (Å²) in [5, 5.41) is 17.3. The van der Waals surface area contributed by atoms with Gasteiger partial charge in [0, 0.05) is 23.0 Å². The van der Waals surface area contributed by atoms with Gasteiger partial charge in [0.05, 0.1) is 0 Å². The third-order valence-corrected chi connectivity index (χ3v) is 4.70. The number of nitrogen functional groups attached to an aromatic ring is 1. The van der Waals surface area contributed by atoms with Crippen LogP contribution in [0.2, 0.25) is 0 Å². The molecule has 0 radical (unpaired) electrons. The Morgan fingerprint density at radius 2 is 2.12 bits per heavy atom. The van der Waals surface area contributed by atoms with Crippen molar-refractivity contribution >= 4 is 34.7 Å². The molecule has 0 spiro atoms. The molecule has 2 aromatic rings. The van der Waals surface area contributed by atoms with Gasteiger partial charge in [-0.05, 0) is 29.8 Å². The second-order valence-corrected chi connectivity index (χ2v) is 6.24. The Balaban J connectivity index is 2.15. The molecule has 7 nitrogen and oxygen atoms in total.